The number of ether oxygens (including phenoxy) is 2. The fourth-order valence-electron chi connectivity index (χ4n) is 2.52. The first kappa shape index (κ1) is 20.8. The highest BCUT2D eigenvalue weighted by atomic mass is 35.5. The van der Waals surface area contributed by atoms with Crippen LogP contribution in [0.5, 0.6) is 5.75 Å². The highest BCUT2D eigenvalue weighted by Crippen LogP contribution is 2.31. The topological polar surface area (TPSA) is 64.6 Å². The summed E-state index contributed by atoms with van der Waals surface area (Å²) in [6.45, 7) is 8.11. The monoisotopic (exact) mass is 389 g/mol. The normalized spacial score (nSPS) is 11.0. The zero-order chi connectivity index (χ0) is 20.0. The number of rotatable bonds is 6. The van der Waals surface area contributed by atoms with Crippen molar-refractivity contribution in [3.8, 4) is 5.75 Å². The van der Waals surface area contributed by atoms with Crippen LogP contribution < -0.4 is 10.1 Å². The molecule has 0 spiro atoms. The summed E-state index contributed by atoms with van der Waals surface area (Å²) in [6, 6.07) is 12.3. The predicted molar refractivity (Wildman–Crippen MR) is 107 cm³/mol. The molecule has 0 unspecified atom stereocenters. The lowest BCUT2D eigenvalue weighted by molar-refractivity contribution is -0.118. The molecule has 0 radical (unpaired) electrons. The number of halogens is 1. The number of amides is 1. The van der Waals surface area contributed by atoms with E-state index < -0.39 is 5.97 Å². The van der Waals surface area contributed by atoms with Gasteiger partial charge < -0.3 is 14.8 Å². The molecule has 0 aliphatic carbocycles. The van der Waals surface area contributed by atoms with E-state index in [2.05, 4.69) is 26.1 Å². The molecule has 1 amide bonds. The number of esters is 1. The highest BCUT2D eigenvalue weighted by molar-refractivity contribution is 6.34. The second-order valence-corrected chi connectivity index (χ2v) is 7.41. The molecule has 0 saturated carbocycles. The molecule has 5 nitrogen and oxygen atoms in total. The van der Waals surface area contributed by atoms with Crippen molar-refractivity contribution < 1.29 is 19.1 Å². The standard InChI is InChI=1S/C21H24ClNO4/c1-5-26-20(25)15-11-10-14(12-17(15)22)23-19(24)13-27-18-9-7-6-8-16(18)21(2,3)4/h6-12H,5,13H2,1-4H3,(H,23,24). The lowest BCUT2D eigenvalue weighted by atomic mass is 9.86. The molecule has 0 bridgehead atoms. The summed E-state index contributed by atoms with van der Waals surface area (Å²) in [4.78, 5) is 24.0. The molecule has 0 saturated heterocycles. The van der Waals surface area contributed by atoms with E-state index in [9.17, 15) is 9.59 Å². The third-order valence-corrected chi connectivity index (χ3v) is 4.11. The minimum Gasteiger partial charge on any atom is -0.483 e. The Bertz CT molecular complexity index is 827. The zero-order valence-electron chi connectivity index (χ0n) is 16.0. The van der Waals surface area contributed by atoms with Crippen molar-refractivity contribution in [1.82, 2.24) is 0 Å². The van der Waals surface area contributed by atoms with Crippen LogP contribution in [0.15, 0.2) is 42.5 Å². The molecular weight excluding hydrogens is 366 g/mol. The van der Waals surface area contributed by atoms with Crippen LogP contribution in [0.25, 0.3) is 0 Å². The van der Waals surface area contributed by atoms with Gasteiger partial charge in [-0.25, -0.2) is 4.79 Å². The van der Waals surface area contributed by atoms with Gasteiger partial charge >= 0.3 is 5.97 Å². The van der Waals surface area contributed by atoms with Gasteiger partial charge in [0.2, 0.25) is 0 Å². The Labute approximate surface area is 164 Å². The first-order chi connectivity index (χ1) is 12.7. The smallest absolute Gasteiger partial charge is 0.339 e. The third kappa shape index (κ3) is 5.73. The molecule has 0 aliphatic rings. The van der Waals surface area contributed by atoms with E-state index in [0.29, 0.717) is 11.4 Å². The van der Waals surface area contributed by atoms with Gasteiger partial charge in [0.15, 0.2) is 6.61 Å². The second-order valence-electron chi connectivity index (χ2n) is 7.00. The lowest BCUT2D eigenvalue weighted by Crippen LogP contribution is -2.22. The first-order valence-corrected chi connectivity index (χ1v) is 9.09. The van der Waals surface area contributed by atoms with Gasteiger partial charge in [0.25, 0.3) is 5.91 Å². The number of hydrogen-bond acceptors (Lipinski definition) is 4. The molecule has 0 aromatic heterocycles. The van der Waals surface area contributed by atoms with Crippen molar-refractivity contribution in [2.75, 3.05) is 18.5 Å². The Kier molecular flexibility index (Phi) is 6.86. The quantitative estimate of drug-likeness (QED) is 0.718. The van der Waals surface area contributed by atoms with Gasteiger partial charge in [0.1, 0.15) is 5.75 Å². The van der Waals surface area contributed by atoms with E-state index in [4.69, 9.17) is 21.1 Å². The van der Waals surface area contributed by atoms with Gasteiger partial charge in [0.05, 0.1) is 17.2 Å². The average molecular weight is 390 g/mol. The fraction of sp³-hybridized carbons (Fsp3) is 0.333. The van der Waals surface area contributed by atoms with Gasteiger partial charge in [-0.15, -0.1) is 0 Å². The number of nitrogens with one attached hydrogen (secondary N) is 1. The van der Waals surface area contributed by atoms with Gasteiger partial charge in [0, 0.05) is 5.69 Å². The first-order valence-electron chi connectivity index (χ1n) is 8.71. The third-order valence-electron chi connectivity index (χ3n) is 3.80. The molecule has 2 aromatic rings. The van der Waals surface area contributed by atoms with Crippen molar-refractivity contribution in [1.29, 1.82) is 0 Å². The molecule has 2 rings (SSSR count). The van der Waals surface area contributed by atoms with Crippen LogP contribution >= 0.6 is 11.6 Å². The summed E-state index contributed by atoms with van der Waals surface area (Å²) in [5, 5.41) is 2.92. The van der Waals surface area contributed by atoms with E-state index in [-0.39, 0.29) is 35.1 Å². The Hall–Kier alpha value is -2.53. The van der Waals surface area contributed by atoms with E-state index in [0.717, 1.165) is 5.56 Å². The molecule has 0 atom stereocenters. The highest BCUT2D eigenvalue weighted by Gasteiger charge is 2.19. The fourth-order valence-corrected chi connectivity index (χ4v) is 2.78. The molecule has 144 valence electrons. The largest absolute Gasteiger partial charge is 0.483 e. The SMILES string of the molecule is CCOC(=O)c1ccc(NC(=O)COc2ccccc2C(C)(C)C)cc1Cl. The van der Waals surface area contributed by atoms with E-state index in [1.165, 1.54) is 12.1 Å². The maximum atomic E-state index is 12.2. The summed E-state index contributed by atoms with van der Waals surface area (Å²) in [6.07, 6.45) is 0. The minimum atomic E-state index is -0.498. The van der Waals surface area contributed by atoms with Crippen molar-refractivity contribution in [3.05, 3.63) is 58.6 Å². The van der Waals surface area contributed by atoms with Gasteiger partial charge in [-0.05, 0) is 42.2 Å². The predicted octanol–water partition coefficient (Wildman–Crippen LogP) is 4.83. The van der Waals surface area contributed by atoms with Crippen LogP contribution in [-0.4, -0.2) is 25.1 Å². The Morgan fingerprint density at radius 3 is 2.44 bits per heavy atom. The zero-order valence-corrected chi connectivity index (χ0v) is 16.7. The maximum absolute atomic E-state index is 12.2. The van der Waals surface area contributed by atoms with E-state index in [1.807, 2.05) is 24.3 Å². The number of carbonyl (C=O) groups excluding carboxylic acids is 2. The van der Waals surface area contributed by atoms with Crippen molar-refractivity contribution in [2.45, 2.75) is 33.1 Å². The summed E-state index contributed by atoms with van der Waals surface area (Å²) in [7, 11) is 0. The lowest BCUT2D eigenvalue weighted by Gasteiger charge is -2.22. The molecule has 0 aliphatic heterocycles. The van der Waals surface area contributed by atoms with E-state index in [1.54, 1.807) is 13.0 Å². The van der Waals surface area contributed by atoms with Crippen LogP contribution in [0, 0.1) is 0 Å². The number of hydrogen-bond donors (Lipinski definition) is 1. The van der Waals surface area contributed by atoms with Crippen molar-refractivity contribution in [2.24, 2.45) is 0 Å². The van der Waals surface area contributed by atoms with Crippen molar-refractivity contribution in [3.63, 3.8) is 0 Å². The van der Waals surface area contributed by atoms with E-state index >= 15 is 0 Å². The number of benzene rings is 2. The summed E-state index contributed by atoms with van der Waals surface area (Å²) in [5.41, 5.74) is 1.67. The maximum Gasteiger partial charge on any atom is 0.339 e. The number of para-hydroxylation sites is 1. The Morgan fingerprint density at radius 2 is 1.81 bits per heavy atom. The summed E-state index contributed by atoms with van der Waals surface area (Å²) < 4.78 is 10.6. The molecule has 27 heavy (non-hydrogen) atoms. The van der Waals surface area contributed by atoms with Crippen LogP contribution in [0.1, 0.15) is 43.6 Å². The molecule has 0 heterocycles. The second kappa shape index (κ2) is 8.91. The van der Waals surface area contributed by atoms with Gasteiger partial charge in [-0.1, -0.05) is 50.6 Å². The Balaban J connectivity index is 2.01. The Morgan fingerprint density at radius 1 is 1.11 bits per heavy atom. The van der Waals surface area contributed by atoms with Crippen molar-refractivity contribution >= 4 is 29.2 Å². The van der Waals surface area contributed by atoms with Gasteiger partial charge in [-0.2, -0.15) is 0 Å². The van der Waals surface area contributed by atoms with Gasteiger partial charge in [-0.3, -0.25) is 4.79 Å². The average Bonchev–Trinajstić information content (AvgIpc) is 2.59. The van der Waals surface area contributed by atoms with Crippen LogP contribution in [-0.2, 0) is 14.9 Å². The summed E-state index contributed by atoms with van der Waals surface area (Å²) >= 11 is 6.10. The number of carbonyl (C=O) groups is 2. The molecule has 1 N–H and O–H groups in total. The minimum absolute atomic E-state index is 0.0937. The molecular formula is C21H24ClNO4. The molecule has 0 fully saturated rings. The van der Waals surface area contributed by atoms with Crippen LogP contribution in [0.3, 0.4) is 0 Å². The molecule has 2 aromatic carbocycles. The summed E-state index contributed by atoms with van der Waals surface area (Å²) in [5.74, 6) is -0.142. The van der Waals surface area contributed by atoms with Crippen LogP contribution in [0.2, 0.25) is 5.02 Å². The molecule has 6 heteroatoms. The number of anilines is 1. The van der Waals surface area contributed by atoms with Crippen LogP contribution in [0.4, 0.5) is 5.69 Å².